The van der Waals surface area contributed by atoms with Crippen LogP contribution in [0.4, 0.5) is 4.79 Å². The summed E-state index contributed by atoms with van der Waals surface area (Å²) in [6.45, 7) is 7.28. The van der Waals surface area contributed by atoms with Gasteiger partial charge in [0, 0.05) is 32.2 Å². The lowest BCUT2D eigenvalue weighted by molar-refractivity contribution is 0.0544. The third-order valence-electron chi connectivity index (χ3n) is 3.96. The Morgan fingerprint density at radius 1 is 1.16 bits per heavy atom. The van der Waals surface area contributed by atoms with E-state index in [0.29, 0.717) is 24.9 Å². The Labute approximate surface area is 115 Å². The summed E-state index contributed by atoms with van der Waals surface area (Å²) < 4.78 is 11.2. The Morgan fingerprint density at radius 3 is 2.63 bits per heavy atom. The minimum Gasteiger partial charge on any atom is -0.378 e. The van der Waals surface area contributed by atoms with Crippen LogP contribution in [-0.4, -0.2) is 44.5 Å². The van der Waals surface area contributed by atoms with Gasteiger partial charge in [0.1, 0.15) is 0 Å². The SMILES string of the molecule is CC(C)[C@H]1OCC[C@@H]1CNC(=O)NC[C@H]1CCCO1. The van der Waals surface area contributed by atoms with Crippen molar-refractivity contribution in [3.05, 3.63) is 0 Å². The van der Waals surface area contributed by atoms with Crippen molar-refractivity contribution in [3.63, 3.8) is 0 Å². The van der Waals surface area contributed by atoms with Gasteiger partial charge >= 0.3 is 6.03 Å². The van der Waals surface area contributed by atoms with Gasteiger partial charge in [-0.2, -0.15) is 0 Å². The monoisotopic (exact) mass is 270 g/mol. The zero-order valence-corrected chi connectivity index (χ0v) is 12.0. The van der Waals surface area contributed by atoms with Crippen molar-refractivity contribution in [2.24, 2.45) is 11.8 Å². The summed E-state index contributed by atoms with van der Waals surface area (Å²) in [5, 5.41) is 5.82. The summed E-state index contributed by atoms with van der Waals surface area (Å²) in [4.78, 5) is 11.7. The molecule has 2 rings (SSSR count). The van der Waals surface area contributed by atoms with Gasteiger partial charge in [0.2, 0.25) is 0 Å². The number of carbonyl (C=O) groups excluding carboxylic acids is 1. The molecule has 0 aromatic rings. The van der Waals surface area contributed by atoms with Crippen molar-refractivity contribution < 1.29 is 14.3 Å². The molecular weight excluding hydrogens is 244 g/mol. The molecule has 2 amide bonds. The Balaban J connectivity index is 1.62. The molecule has 0 radical (unpaired) electrons. The second kappa shape index (κ2) is 7.10. The van der Waals surface area contributed by atoms with Crippen LogP contribution < -0.4 is 10.6 Å². The molecule has 0 aromatic carbocycles. The summed E-state index contributed by atoms with van der Waals surface area (Å²) in [6.07, 6.45) is 3.66. The van der Waals surface area contributed by atoms with Gasteiger partial charge in [0.15, 0.2) is 0 Å². The highest BCUT2D eigenvalue weighted by atomic mass is 16.5. The van der Waals surface area contributed by atoms with Crippen molar-refractivity contribution in [1.82, 2.24) is 10.6 Å². The Hall–Kier alpha value is -0.810. The summed E-state index contributed by atoms with van der Waals surface area (Å²) >= 11 is 0. The molecule has 110 valence electrons. The molecule has 0 saturated carbocycles. The van der Waals surface area contributed by atoms with Gasteiger partial charge in [0.25, 0.3) is 0 Å². The van der Waals surface area contributed by atoms with Crippen LogP contribution in [0.25, 0.3) is 0 Å². The summed E-state index contributed by atoms with van der Waals surface area (Å²) in [5.41, 5.74) is 0. The van der Waals surface area contributed by atoms with E-state index in [2.05, 4.69) is 24.5 Å². The minimum atomic E-state index is -0.0927. The lowest BCUT2D eigenvalue weighted by atomic mass is 9.93. The van der Waals surface area contributed by atoms with Crippen LogP contribution in [0.2, 0.25) is 0 Å². The summed E-state index contributed by atoms with van der Waals surface area (Å²) in [5.74, 6) is 0.942. The van der Waals surface area contributed by atoms with Crippen LogP contribution in [0.5, 0.6) is 0 Å². The van der Waals surface area contributed by atoms with Crippen LogP contribution in [0.15, 0.2) is 0 Å². The fourth-order valence-electron chi connectivity index (χ4n) is 2.91. The summed E-state index contributed by atoms with van der Waals surface area (Å²) in [7, 11) is 0. The maximum atomic E-state index is 11.7. The lowest BCUT2D eigenvalue weighted by Gasteiger charge is -2.22. The predicted molar refractivity (Wildman–Crippen MR) is 73.1 cm³/mol. The molecule has 3 atom stereocenters. The van der Waals surface area contributed by atoms with E-state index in [4.69, 9.17) is 9.47 Å². The smallest absolute Gasteiger partial charge is 0.314 e. The van der Waals surface area contributed by atoms with Gasteiger partial charge in [-0.25, -0.2) is 4.79 Å². The highest BCUT2D eigenvalue weighted by molar-refractivity contribution is 5.73. The number of ether oxygens (including phenoxy) is 2. The highest BCUT2D eigenvalue weighted by Crippen LogP contribution is 2.25. The molecule has 2 fully saturated rings. The fraction of sp³-hybridized carbons (Fsp3) is 0.929. The second-order valence-electron chi connectivity index (χ2n) is 5.85. The van der Waals surface area contributed by atoms with Crippen molar-refractivity contribution in [3.8, 4) is 0 Å². The topological polar surface area (TPSA) is 59.6 Å². The van der Waals surface area contributed by atoms with E-state index >= 15 is 0 Å². The summed E-state index contributed by atoms with van der Waals surface area (Å²) in [6, 6.07) is -0.0927. The molecule has 5 heteroatoms. The molecule has 2 aliphatic heterocycles. The Bertz CT molecular complexity index is 290. The molecule has 0 unspecified atom stereocenters. The lowest BCUT2D eigenvalue weighted by Crippen LogP contribution is -2.43. The minimum absolute atomic E-state index is 0.0927. The number of amides is 2. The predicted octanol–water partition coefficient (Wildman–Crippen LogP) is 1.53. The molecule has 0 aromatic heterocycles. The number of hydrogen-bond acceptors (Lipinski definition) is 3. The Morgan fingerprint density at radius 2 is 1.95 bits per heavy atom. The molecule has 2 saturated heterocycles. The maximum Gasteiger partial charge on any atom is 0.314 e. The fourth-order valence-corrected chi connectivity index (χ4v) is 2.91. The number of carbonyl (C=O) groups is 1. The number of urea groups is 1. The molecule has 5 nitrogen and oxygen atoms in total. The zero-order chi connectivity index (χ0) is 13.7. The van der Waals surface area contributed by atoms with Crippen LogP contribution in [0.3, 0.4) is 0 Å². The number of nitrogens with one attached hydrogen (secondary N) is 2. The van der Waals surface area contributed by atoms with Crippen LogP contribution in [-0.2, 0) is 9.47 Å². The van der Waals surface area contributed by atoms with E-state index in [1.165, 1.54) is 0 Å². The highest BCUT2D eigenvalue weighted by Gasteiger charge is 2.30. The van der Waals surface area contributed by atoms with Crippen LogP contribution in [0.1, 0.15) is 33.1 Å². The molecule has 0 spiro atoms. The first kappa shape index (κ1) is 14.6. The van der Waals surface area contributed by atoms with Gasteiger partial charge in [-0.15, -0.1) is 0 Å². The van der Waals surface area contributed by atoms with Crippen LogP contribution >= 0.6 is 0 Å². The maximum absolute atomic E-state index is 11.7. The number of hydrogen-bond donors (Lipinski definition) is 2. The van der Waals surface area contributed by atoms with E-state index in [1.54, 1.807) is 0 Å². The third-order valence-corrected chi connectivity index (χ3v) is 3.96. The first-order chi connectivity index (χ1) is 9.16. The quantitative estimate of drug-likeness (QED) is 0.796. The number of rotatable bonds is 5. The van der Waals surface area contributed by atoms with E-state index in [9.17, 15) is 4.79 Å². The van der Waals surface area contributed by atoms with Gasteiger partial charge in [-0.05, 0) is 25.2 Å². The van der Waals surface area contributed by atoms with Crippen molar-refractivity contribution >= 4 is 6.03 Å². The third kappa shape index (κ3) is 4.35. The molecule has 2 aliphatic rings. The molecule has 2 heterocycles. The van der Waals surface area contributed by atoms with E-state index in [0.717, 1.165) is 32.5 Å². The van der Waals surface area contributed by atoms with E-state index < -0.39 is 0 Å². The largest absolute Gasteiger partial charge is 0.378 e. The normalized spacial score (nSPS) is 30.8. The second-order valence-corrected chi connectivity index (χ2v) is 5.85. The first-order valence-electron chi connectivity index (χ1n) is 7.41. The van der Waals surface area contributed by atoms with Crippen molar-refractivity contribution in [1.29, 1.82) is 0 Å². The molecule has 0 bridgehead atoms. The van der Waals surface area contributed by atoms with E-state index in [-0.39, 0.29) is 18.2 Å². The van der Waals surface area contributed by atoms with Crippen LogP contribution in [0, 0.1) is 11.8 Å². The first-order valence-corrected chi connectivity index (χ1v) is 7.41. The van der Waals surface area contributed by atoms with Gasteiger partial charge in [-0.1, -0.05) is 13.8 Å². The Kier molecular flexibility index (Phi) is 5.45. The van der Waals surface area contributed by atoms with Crippen molar-refractivity contribution in [2.45, 2.75) is 45.3 Å². The van der Waals surface area contributed by atoms with Gasteiger partial charge < -0.3 is 20.1 Å². The van der Waals surface area contributed by atoms with Gasteiger partial charge in [-0.3, -0.25) is 0 Å². The molecule has 2 N–H and O–H groups in total. The molecule has 19 heavy (non-hydrogen) atoms. The average molecular weight is 270 g/mol. The van der Waals surface area contributed by atoms with E-state index in [1.807, 2.05) is 0 Å². The standard InChI is InChI=1S/C14H26N2O3/c1-10(2)13-11(5-7-19-13)8-15-14(17)16-9-12-4-3-6-18-12/h10-13H,3-9H2,1-2H3,(H2,15,16,17)/t11-,12-,13-/m1/s1. The zero-order valence-electron chi connectivity index (χ0n) is 12.0. The molecular formula is C14H26N2O3. The average Bonchev–Trinajstić information content (AvgIpc) is 3.04. The molecule has 0 aliphatic carbocycles. The van der Waals surface area contributed by atoms with Crippen molar-refractivity contribution in [2.75, 3.05) is 26.3 Å². The van der Waals surface area contributed by atoms with Gasteiger partial charge in [0.05, 0.1) is 12.2 Å².